The first-order chi connectivity index (χ1) is 10.5. The molecule has 1 atom stereocenters. The van der Waals surface area contributed by atoms with Gasteiger partial charge in [-0.25, -0.2) is 13.4 Å². The molecule has 9 nitrogen and oxygen atoms in total. The summed E-state index contributed by atoms with van der Waals surface area (Å²) >= 11 is 0. The molecule has 0 aromatic carbocycles. The molecule has 0 unspecified atom stereocenters. The van der Waals surface area contributed by atoms with Crippen molar-refractivity contribution < 1.29 is 13.2 Å². The number of H-pyrrole nitrogens is 2. The molecule has 22 heavy (non-hydrogen) atoms. The van der Waals surface area contributed by atoms with Crippen LogP contribution in [0.5, 0.6) is 0 Å². The molecule has 0 bridgehead atoms. The molecular formula is C12H15N5O4S. The minimum Gasteiger partial charge on any atom is -0.368 e. The fourth-order valence-electron chi connectivity index (χ4n) is 2.29. The number of aryl methyl sites for hydroxylation is 1. The van der Waals surface area contributed by atoms with Gasteiger partial charge in [-0.3, -0.25) is 9.89 Å². The fraction of sp³-hybridized carbons (Fsp3) is 0.417. The summed E-state index contributed by atoms with van der Waals surface area (Å²) in [6.07, 6.45) is 1.97. The van der Waals surface area contributed by atoms with E-state index >= 15 is 0 Å². The Hall–Kier alpha value is -2.04. The Morgan fingerprint density at radius 1 is 1.45 bits per heavy atom. The maximum atomic E-state index is 12.5. The molecule has 1 fully saturated rings. The number of morpholine rings is 1. The van der Waals surface area contributed by atoms with Crippen molar-refractivity contribution in [1.82, 2.24) is 24.5 Å². The predicted molar refractivity (Wildman–Crippen MR) is 75.6 cm³/mol. The van der Waals surface area contributed by atoms with E-state index in [1.165, 1.54) is 22.8 Å². The van der Waals surface area contributed by atoms with Gasteiger partial charge in [0.15, 0.2) is 0 Å². The van der Waals surface area contributed by atoms with Gasteiger partial charge in [0.05, 0.1) is 12.8 Å². The largest absolute Gasteiger partial charge is 0.368 e. The van der Waals surface area contributed by atoms with Crippen LogP contribution < -0.4 is 5.56 Å². The van der Waals surface area contributed by atoms with Gasteiger partial charge < -0.3 is 9.72 Å². The summed E-state index contributed by atoms with van der Waals surface area (Å²) in [7, 11) is -3.64. The predicted octanol–water partition coefficient (Wildman–Crippen LogP) is -0.436. The van der Waals surface area contributed by atoms with E-state index in [1.54, 1.807) is 6.92 Å². The van der Waals surface area contributed by atoms with Gasteiger partial charge in [0.2, 0.25) is 10.0 Å². The summed E-state index contributed by atoms with van der Waals surface area (Å²) in [4.78, 5) is 18.4. The second kappa shape index (κ2) is 5.63. The third-order valence-corrected chi connectivity index (χ3v) is 5.16. The maximum Gasteiger partial charge on any atom is 0.251 e. The van der Waals surface area contributed by atoms with Crippen LogP contribution in [0.25, 0.3) is 0 Å². The summed E-state index contributed by atoms with van der Waals surface area (Å²) in [5, 5.41) is 6.15. The molecule has 3 rings (SSSR count). The minimum atomic E-state index is -3.64. The summed E-state index contributed by atoms with van der Waals surface area (Å²) < 4.78 is 31.8. The Labute approximate surface area is 126 Å². The molecule has 0 spiro atoms. The van der Waals surface area contributed by atoms with Crippen molar-refractivity contribution in [2.45, 2.75) is 17.9 Å². The lowest BCUT2D eigenvalue weighted by atomic mass is 10.3. The zero-order valence-corrected chi connectivity index (χ0v) is 12.6. The maximum absolute atomic E-state index is 12.5. The van der Waals surface area contributed by atoms with Crippen molar-refractivity contribution in [1.29, 1.82) is 0 Å². The highest BCUT2D eigenvalue weighted by molar-refractivity contribution is 7.89. The monoisotopic (exact) mass is 325 g/mol. The van der Waals surface area contributed by atoms with E-state index in [0.717, 1.165) is 0 Å². The number of nitrogens with one attached hydrogen (secondary N) is 2. The van der Waals surface area contributed by atoms with E-state index in [4.69, 9.17) is 4.74 Å². The smallest absolute Gasteiger partial charge is 0.251 e. The Morgan fingerprint density at radius 3 is 2.95 bits per heavy atom. The first kappa shape index (κ1) is 14.9. The molecule has 0 amide bonds. The van der Waals surface area contributed by atoms with Gasteiger partial charge in [-0.1, -0.05) is 0 Å². The first-order valence-corrected chi connectivity index (χ1v) is 8.09. The molecular weight excluding hydrogens is 310 g/mol. The Balaban J connectivity index is 1.87. The Kier molecular flexibility index (Phi) is 3.81. The average molecular weight is 325 g/mol. The summed E-state index contributed by atoms with van der Waals surface area (Å²) in [6, 6.07) is 1.37. The van der Waals surface area contributed by atoms with Crippen molar-refractivity contribution in [3.05, 3.63) is 40.3 Å². The highest BCUT2D eigenvalue weighted by Gasteiger charge is 2.33. The van der Waals surface area contributed by atoms with Crippen molar-refractivity contribution >= 4 is 10.0 Å². The standard InChI is InChI=1S/C12H15N5O4S/c1-8-4-11(18)16-12(15-8)10-7-17(2-3-21-10)22(19,20)9-5-13-14-6-9/h4-6,10H,2-3,7H2,1H3,(H,13,14)(H,15,16,18)/t10-/m0/s1. The van der Waals surface area contributed by atoms with E-state index in [-0.39, 0.29) is 30.2 Å². The van der Waals surface area contributed by atoms with Crippen LogP contribution in [-0.2, 0) is 14.8 Å². The lowest BCUT2D eigenvalue weighted by molar-refractivity contribution is -0.00774. The SMILES string of the molecule is Cc1cc(=O)[nH]c([C@@H]2CN(S(=O)(=O)c3cn[nH]c3)CCO2)n1. The Morgan fingerprint density at radius 2 is 2.27 bits per heavy atom. The second-order valence-corrected chi connectivity index (χ2v) is 6.87. The Bertz CT molecular complexity index is 814. The first-order valence-electron chi connectivity index (χ1n) is 6.65. The van der Waals surface area contributed by atoms with E-state index in [0.29, 0.717) is 11.5 Å². The number of aromatic nitrogens is 4. The molecule has 3 heterocycles. The molecule has 1 saturated heterocycles. The third-order valence-electron chi connectivity index (χ3n) is 3.33. The van der Waals surface area contributed by atoms with Gasteiger partial charge in [-0.2, -0.15) is 9.40 Å². The number of sulfonamides is 1. The normalized spacial score (nSPS) is 20.1. The average Bonchev–Trinajstić information content (AvgIpc) is 3.01. The highest BCUT2D eigenvalue weighted by Crippen LogP contribution is 2.23. The van der Waals surface area contributed by atoms with E-state index in [1.807, 2.05) is 0 Å². The zero-order chi connectivity index (χ0) is 15.7. The van der Waals surface area contributed by atoms with Crippen molar-refractivity contribution in [3.8, 4) is 0 Å². The van der Waals surface area contributed by atoms with Crippen molar-refractivity contribution in [2.75, 3.05) is 19.7 Å². The summed E-state index contributed by atoms with van der Waals surface area (Å²) in [5.41, 5.74) is 0.262. The molecule has 0 radical (unpaired) electrons. The third kappa shape index (κ3) is 2.80. The van der Waals surface area contributed by atoms with Crippen LogP contribution in [0.1, 0.15) is 17.6 Å². The molecule has 10 heteroatoms. The van der Waals surface area contributed by atoms with Crippen LogP contribution in [0.2, 0.25) is 0 Å². The summed E-state index contributed by atoms with van der Waals surface area (Å²) in [5.74, 6) is 0.331. The van der Waals surface area contributed by atoms with Crippen LogP contribution in [-0.4, -0.2) is 52.6 Å². The van der Waals surface area contributed by atoms with Crippen molar-refractivity contribution in [3.63, 3.8) is 0 Å². The molecule has 1 aliphatic heterocycles. The van der Waals surface area contributed by atoms with Crippen LogP contribution in [0, 0.1) is 6.92 Å². The van der Waals surface area contributed by atoms with Crippen LogP contribution >= 0.6 is 0 Å². The number of rotatable bonds is 3. The molecule has 2 N–H and O–H groups in total. The van der Waals surface area contributed by atoms with Gasteiger partial charge in [0.1, 0.15) is 16.8 Å². The molecule has 118 valence electrons. The molecule has 2 aromatic heterocycles. The van der Waals surface area contributed by atoms with Crippen LogP contribution in [0.4, 0.5) is 0 Å². The molecule has 0 aliphatic carbocycles. The van der Waals surface area contributed by atoms with Gasteiger partial charge in [0.25, 0.3) is 5.56 Å². The highest BCUT2D eigenvalue weighted by atomic mass is 32.2. The summed E-state index contributed by atoms with van der Waals surface area (Å²) in [6.45, 7) is 2.24. The molecule has 1 aliphatic rings. The molecule has 2 aromatic rings. The van der Waals surface area contributed by atoms with Gasteiger partial charge in [0, 0.05) is 31.0 Å². The second-order valence-electron chi connectivity index (χ2n) is 4.93. The fourth-order valence-corrected chi connectivity index (χ4v) is 3.63. The van der Waals surface area contributed by atoms with E-state index < -0.39 is 16.1 Å². The number of hydrogen-bond donors (Lipinski definition) is 2. The van der Waals surface area contributed by atoms with Gasteiger partial charge in [-0.05, 0) is 6.92 Å². The number of hydrogen-bond acceptors (Lipinski definition) is 6. The van der Waals surface area contributed by atoms with E-state index in [2.05, 4.69) is 20.2 Å². The van der Waals surface area contributed by atoms with E-state index in [9.17, 15) is 13.2 Å². The number of ether oxygens (including phenoxy) is 1. The van der Waals surface area contributed by atoms with Crippen molar-refractivity contribution in [2.24, 2.45) is 0 Å². The number of nitrogens with zero attached hydrogens (tertiary/aromatic N) is 3. The van der Waals surface area contributed by atoms with Crippen LogP contribution in [0.3, 0.4) is 0 Å². The minimum absolute atomic E-state index is 0.0832. The zero-order valence-electron chi connectivity index (χ0n) is 11.8. The van der Waals surface area contributed by atoms with Gasteiger partial charge >= 0.3 is 0 Å². The lowest BCUT2D eigenvalue weighted by Gasteiger charge is -2.31. The van der Waals surface area contributed by atoms with Gasteiger partial charge in [-0.15, -0.1) is 0 Å². The number of aromatic amines is 2. The lowest BCUT2D eigenvalue weighted by Crippen LogP contribution is -2.42. The quantitative estimate of drug-likeness (QED) is 0.789. The topological polar surface area (TPSA) is 121 Å². The molecule has 0 saturated carbocycles. The van der Waals surface area contributed by atoms with Crippen LogP contribution in [0.15, 0.2) is 28.2 Å².